The highest BCUT2D eigenvalue weighted by molar-refractivity contribution is 4.99. The summed E-state index contributed by atoms with van der Waals surface area (Å²) >= 11 is 0. The molecule has 0 aromatic heterocycles. The molecule has 2 aliphatic rings. The minimum Gasteiger partial charge on any atom is -0.396 e. The first-order valence-corrected chi connectivity index (χ1v) is 7.21. The molecule has 2 saturated carbocycles. The van der Waals surface area contributed by atoms with Gasteiger partial charge in [0.05, 0.1) is 0 Å². The monoisotopic (exact) mass is 224 g/mol. The fraction of sp³-hybridized carbons (Fsp3) is 1.00. The maximum atomic E-state index is 9.26. The lowest BCUT2D eigenvalue weighted by Crippen LogP contribution is -2.38. The van der Waals surface area contributed by atoms with Gasteiger partial charge in [0.1, 0.15) is 0 Å². The van der Waals surface area contributed by atoms with Crippen LogP contribution in [0.4, 0.5) is 0 Å². The molecule has 2 atom stereocenters. The lowest BCUT2D eigenvalue weighted by molar-refractivity contribution is 0.0247. The average molecular weight is 224 g/mol. The van der Waals surface area contributed by atoms with E-state index in [1.807, 2.05) is 0 Å². The molecule has 94 valence electrons. The minimum absolute atomic E-state index is 0.413. The van der Waals surface area contributed by atoms with E-state index in [-0.39, 0.29) is 0 Å². The van der Waals surface area contributed by atoms with Gasteiger partial charge in [0.25, 0.3) is 0 Å². The van der Waals surface area contributed by atoms with E-state index in [0.29, 0.717) is 17.9 Å². The summed E-state index contributed by atoms with van der Waals surface area (Å²) in [6, 6.07) is 0. The fourth-order valence-corrected chi connectivity index (χ4v) is 4.63. The maximum Gasteiger partial charge on any atom is 0.0459 e. The van der Waals surface area contributed by atoms with Crippen molar-refractivity contribution >= 4 is 0 Å². The first-order valence-electron chi connectivity index (χ1n) is 7.21. The Balaban J connectivity index is 2.10. The fourth-order valence-electron chi connectivity index (χ4n) is 4.63. The average Bonchev–Trinajstić information content (AvgIpc) is 2.58. The topological polar surface area (TPSA) is 20.2 Å². The second kappa shape index (κ2) is 4.68. The highest BCUT2D eigenvalue weighted by Gasteiger charge is 2.49. The molecule has 1 heteroatoms. The Morgan fingerprint density at radius 1 is 1.12 bits per heavy atom. The number of hydrogen-bond acceptors (Lipinski definition) is 1. The summed E-state index contributed by atoms with van der Waals surface area (Å²) in [5, 5.41) is 9.26. The Bertz CT molecular complexity index is 226. The van der Waals surface area contributed by atoms with Gasteiger partial charge in [-0.25, -0.2) is 0 Å². The van der Waals surface area contributed by atoms with Crippen molar-refractivity contribution in [3.8, 4) is 0 Å². The zero-order valence-corrected chi connectivity index (χ0v) is 11.2. The van der Waals surface area contributed by atoms with Crippen LogP contribution in [-0.2, 0) is 0 Å². The van der Waals surface area contributed by atoms with Crippen LogP contribution >= 0.6 is 0 Å². The van der Waals surface area contributed by atoms with E-state index >= 15 is 0 Å². The van der Waals surface area contributed by atoms with Gasteiger partial charge in [-0.1, -0.05) is 20.8 Å². The van der Waals surface area contributed by atoms with E-state index in [0.717, 1.165) is 17.8 Å². The van der Waals surface area contributed by atoms with E-state index in [4.69, 9.17) is 0 Å². The number of aliphatic hydroxyl groups excluding tert-OH is 1. The van der Waals surface area contributed by atoms with Gasteiger partial charge >= 0.3 is 0 Å². The molecule has 2 aliphatic carbocycles. The molecule has 0 unspecified atom stereocenters. The molecule has 0 amide bonds. The molecule has 0 saturated heterocycles. The van der Waals surface area contributed by atoms with Gasteiger partial charge in [0.15, 0.2) is 0 Å². The van der Waals surface area contributed by atoms with E-state index in [1.165, 1.54) is 38.5 Å². The van der Waals surface area contributed by atoms with E-state index < -0.39 is 0 Å². The van der Waals surface area contributed by atoms with Crippen LogP contribution in [0.5, 0.6) is 0 Å². The van der Waals surface area contributed by atoms with Crippen molar-refractivity contribution in [2.75, 3.05) is 6.61 Å². The third-order valence-corrected chi connectivity index (χ3v) is 5.73. The molecule has 2 rings (SSSR count). The first-order chi connectivity index (χ1) is 7.60. The van der Waals surface area contributed by atoms with Gasteiger partial charge in [-0.05, 0) is 67.6 Å². The Hall–Kier alpha value is -0.0400. The lowest BCUT2D eigenvalue weighted by atomic mass is 9.59. The van der Waals surface area contributed by atoms with Crippen molar-refractivity contribution in [2.24, 2.45) is 29.1 Å². The van der Waals surface area contributed by atoms with E-state index in [2.05, 4.69) is 20.8 Å². The standard InChI is InChI=1S/C15H28O/c1-11(2)14-5-4-12(3)15(14)8-6-13(10-16)7-9-15/h11-14,16H,4-10H2,1-3H3/t12-,13?,14+,15?/m0/s1. The van der Waals surface area contributed by atoms with Gasteiger partial charge in [-0.3, -0.25) is 0 Å². The molecule has 0 aliphatic heterocycles. The summed E-state index contributed by atoms with van der Waals surface area (Å²) in [6.07, 6.45) is 8.17. The van der Waals surface area contributed by atoms with Gasteiger partial charge in [0.2, 0.25) is 0 Å². The van der Waals surface area contributed by atoms with Crippen LogP contribution in [0.15, 0.2) is 0 Å². The normalized spacial score (nSPS) is 44.4. The Morgan fingerprint density at radius 3 is 2.25 bits per heavy atom. The quantitative estimate of drug-likeness (QED) is 0.755. The number of rotatable bonds is 2. The number of hydrogen-bond donors (Lipinski definition) is 1. The second-order valence-corrected chi connectivity index (χ2v) is 6.69. The van der Waals surface area contributed by atoms with Crippen LogP contribution in [0.3, 0.4) is 0 Å². The van der Waals surface area contributed by atoms with Crippen LogP contribution in [0.25, 0.3) is 0 Å². The highest BCUT2D eigenvalue weighted by atomic mass is 16.3. The molecular formula is C15H28O. The Labute approximate surface area is 101 Å². The molecule has 1 nitrogen and oxygen atoms in total. The predicted octanol–water partition coefficient (Wildman–Crippen LogP) is 3.86. The van der Waals surface area contributed by atoms with Crippen LogP contribution in [0.2, 0.25) is 0 Å². The highest BCUT2D eigenvalue weighted by Crippen LogP contribution is 2.58. The maximum absolute atomic E-state index is 9.26. The van der Waals surface area contributed by atoms with Crippen molar-refractivity contribution in [2.45, 2.75) is 59.3 Å². The third kappa shape index (κ3) is 1.92. The Kier molecular flexibility index (Phi) is 3.63. The van der Waals surface area contributed by atoms with Crippen molar-refractivity contribution in [3.63, 3.8) is 0 Å². The molecular weight excluding hydrogens is 196 g/mol. The van der Waals surface area contributed by atoms with E-state index in [1.54, 1.807) is 0 Å². The summed E-state index contributed by atoms with van der Waals surface area (Å²) in [6.45, 7) is 7.70. The molecule has 2 fully saturated rings. The third-order valence-electron chi connectivity index (χ3n) is 5.73. The molecule has 0 aromatic rings. The van der Waals surface area contributed by atoms with Crippen molar-refractivity contribution in [1.82, 2.24) is 0 Å². The minimum atomic E-state index is 0.413. The molecule has 0 bridgehead atoms. The van der Waals surface area contributed by atoms with Crippen LogP contribution in [0.1, 0.15) is 59.3 Å². The van der Waals surface area contributed by atoms with Gasteiger partial charge in [-0.15, -0.1) is 0 Å². The molecule has 0 heterocycles. The molecule has 0 radical (unpaired) electrons. The Morgan fingerprint density at radius 2 is 1.75 bits per heavy atom. The van der Waals surface area contributed by atoms with Crippen LogP contribution in [0, 0.1) is 29.1 Å². The van der Waals surface area contributed by atoms with Crippen LogP contribution in [-0.4, -0.2) is 11.7 Å². The summed E-state index contributed by atoms with van der Waals surface area (Å²) in [5.74, 6) is 3.31. The van der Waals surface area contributed by atoms with Gasteiger partial charge < -0.3 is 5.11 Å². The summed E-state index contributed by atoms with van der Waals surface area (Å²) < 4.78 is 0. The predicted molar refractivity (Wildman–Crippen MR) is 68.2 cm³/mol. The SMILES string of the molecule is CC(C)[C@H]1CC[C@H](C)C12CCC(CO)CC2. The summed E-state index contributed by atoms with van der Waals surface area (Å²) in [4.78, 5) is 0. The molecule has 16 heavy (non-hydrogen) atoms. The zero-order valence-electron chi connectivity index (χ0n) is 11.2. The molecule has 1 N–H and O–H groups in total. The van der Waals surface area contributed by atoms with Crippen molar-refractivity contribution in [3.05, 3.63) is 0 Å². The van der Waals surface area contributed by atoms with Crippen molar-refractivity contribution < 1.29 is 5.11 Å². The second-order valence-electron chi connectivity index (χ2n) is 6.69. The van der Waals surface area contributed by atoms with Crippen molar-refractivity contribution in [1.29, 1.82) is 0 Å². The van der Waals surface area contributed by atoms with Gasteiger partial charge in [-0.2, -0.15) is 0 Å². The summed E-state index contributed by atoms with van der Waals surface area (Å²) in [7, 11) is 0. The number of aliphatic hydroxyl groups is 1. The smallest absolute Gasteiger partial charge is 0.0459 e. The lowest BCUT2D eigenvalue weighted by Gasteiger charge is -2.46. The largest absolute Gasteiger partial charge is 0.396 e. The molecule has 0 aromatic carbocycles. The van der Waals surface area contributed by atoms with Crippen LogP contribution < -0.4 is 0 Å². The first kappa shape index (κ1) is 12.4. The zero-order chi connectivity index (χ0) is 11.8. The molecule has 1 spiro atoms. The summed E-state index contributed by atoms with van der Waals surface area (Å²) in [5.41, 5.74) is 0.639. The van der Waals surface area contributed by atoms with E-state index in [9.17, 15) is 5.11 Å². The van der Waals surface area contributed by atoms with Gasteiger partial charge in [0, 0.05) is 6.61 Å².